The number of halogens is 1. The van der Waals surface area contributed by atoms with Gasteiger partial charge in [-0.15, -0.1) is 0 Å². The number of urea groups is 1. The highest BCUT2D eigenvalue weighted by Crippen LogP contribution is 2.28. The SMILES string of the molecule is Nc1nc(CN2C(=O)NC(Cc3ccccc3)(Cc3ccccc3)C2=O)nc(Nc2ccc(F)cc2)n1. The molecule has 0 spiro atoms. The van der Waals surface area contributed by atoms with Crippen molar-refractivity contribution in [1.82, 2.24) is 25.2 Å². The molecule has 1 saturated heterocycles. The number of hydrogen-bond acceptors (Lipinski definition) is 7. The summed E-state index contributed by atoms with van der Waals surface area (Å²) in [6.45, 7) is -0.194. The molecule has 3 aromatic carbocycles. The van der Waals surface area contributed by atoms with Crippen LogP contribution in [-0.4, -0.2) is 37.3 Å². The van der Waals surface area contributed by atoms with Gasteiger partial charge in [-0.2, -0.15) is 15.0 Å². The number of hydrogen-bond donors (Lipinski definition) is 3. The standard InChI is InChI=1S/C27H24FN7O2/c28-20-11-13-21(14-12-20)30-25-32-22(31-24(29)33-25)17-35-23(36)27(34-26(35)37,15-18-7-3-1-4-8-18)16-19-9-5-2-6-10-19/h1-14H,15-17H2,(H,34,37)(H3,29,30,31,32,33). The van der Waals surface area contributed by atoms with E-state index < -0.39 is 11.6 Å². The lowest BCUT2D eigenvalue weighted by molar-refractivity contribution is -0.131. The third kappa shape index (κ3) is 5.37. The molecule has 5 rings (SSSR count). The van der Waals surface area contributed by atoms with Gasteiger partial charge in [0.05, 0.1) is 6.54 Å². The van der Waals surface area contributed by atoms with Crippen LogP contribution in [0.3, 0.4) is 0 Å². The van der Waals surface area contributed by atoms with Gasteiger partial charge < -0.3 is 16.4 Å². The normalized spacial score (nSPS) is 14.5. The van der Waals surface area contributed by atoms with E-state index in [1.165, 1.54) is 24.3 Å². The van der Waals surface area contributed by atoms with Crippen molar-refractivity contribution >= 4 is 29.5 Å². The molecule has 37 heavy (non-hydrogen) atoms. The Morgan fingerprint density at radius 3 is 2.03 bits per heavy atom. The summed E-state index contributed by atoms with van der Waals surface area (Å²) in [5.74, 6) is -0.593. The third-order valence-corrected chi connectivity index (χ3v) is 6.04. The number of benzene rings is 3. The minimum atomic E-state index is -1.17. The Kier molecular flexibility index (Phi) is 6.46. The highest BCUT2D eigenvalue weighted by molar-refractivity contribution is 6.07. The van der Waals surface area contributed by atoms with Crippen molar-refractivity contribution in [2.24, 2.45) is 0 Å². The van der Waals surface area contributed by atoms with E-state index >= 15 is 0 Å². The van der Waals surface area contributed by atoms with E-state index in [0.717, 1.165) is 16.0 Å². The molecule has 0 aliphatic carbocycles. The molecule has 0 radical (unpaired) electrons. The predicted molar refractivity (Wildman–Crippen MR) is 136 cm³/mol. The van der Waals surface area contributed by atoms with Crippen LogP contribution in [0.1, 0.15) is 17.0 Å². The lowest BCUT2D eigenvalue weighted by Gasteiger charge is -2.27. The number of nitrogens with one attached hydrogen (secondary N) is 2. The first-order chi connectivity index (χ1) is 17.9. The number of anilines is 3. The highest BCUT2D eigenvalue weighted by Gasteiger charge is 2.51. The second kappa shape index (κ2) is 10.0. The monoisotopic (exact) mass is 497 g/mol. The van der Waals surface area contributed by atoms with E-state index in [1.54, 1.807) is 0 Å². The Balaban J connectivity index is 1.41. The Morgan fingerprint density at radius 2 is 1.43 bits per heavy atom. The van der Waals surface area contributed by atoms with Gasteiger partial charge in [-0.1, -0.05) is 60.7 Å². The number of nitrogen functional groups attached to an aromatic ring is 1. The summed E-state index contributed by atoms with van der Waals surface area (Å²) in [4.78, 5) is 40.5. The van der Waals surface area contributed by atoms with Crippen molar-refractivity contribution < 1.29 is 14.0 Å². The largest absolute Gasteiger partial charge is 0.368 e. The number of carbonyl (C=O) groups excluding carboxylic acids is 2. The molecule has 1 fully saturated rings. The summed E-state index contributed by atoms with van der Waals surface area (Å²) in [5.41, 5.74) is 7.08. The van der Waals surface area contributed by atoms with Crippen LogP contribution in [0.2, 0.25) is 0 Å². The molecule has 1 aliphatic heterocycles. The van der Waals surface area contributed by atoms with E-state index in [2.05, 4.69) is 25.6 Å². The lowest BCUT2D eigenvalue weighted by Crippen LogP contribution is -2.51. The van der Waals surface area contributed by atoms with Gasteiger partial charge in [0.25, 0.3) is 5.91 Å². The van der Waals surface area contributed by atoms with Gasteiger partial charge in [-0.25, -0.2) is 9.18 Å². The Morgan fingerprint density at radius 1 is 0.838 bits per heavy atom. The molecular weight excluding hydrogens is 473 g/mol. The van der Waals surface area contributed by atoms with Crippen molar-refractivity contribution in [1.29, 1.82) is 0 Å². The zero-order chi connectivity index (χ0) is 25.8. The molecule has 0 saturated carbocycles. The van der Waals surface area contributed by atoms with Gasteiger partial charge in [-0.05, 0) is 35.4 Å². The minimum Gasteiger partial charge on any atom is -0.368 e. The fraction of sp³-hybridized carbons (Fsp3) is 0.148. The summed E-state index contributed by atoms with van der Waals surface area (Å²) in [7, 11) is 0. The molecule has 2 heterocycles. The van der Waals surface area contributed by atoms with Gasteiger partial charge in [0.2, 0.25) is 11.9 Å². The van der Waals surface area contributed by atoms with Crippen molar-refractivity contribution in [3.8, 4) is 0 Å². The summed E-state index contributed by atoms with van der Waals surface area (Å²) in [5, 5.41) is 5.87. The Bertz CT molecular complexity index is 1370. The summed E-state index contributed by atoms with van der Waals surface area (Å²) < 4.78 is 13.2. The molecule has 1 aromatic heterocycles. The summed E-state index contributed by atoms with van der Waals surface area (Å²) in [6.07, 6.45) is 0.640. The number of rotatable bonds is 8. The Hall–Kier alpha value is -4.86. The molecule has 10 heteroatoms. The van der Waals surface area contributed by atoms with Gasteiger partial charge >= 0.3 is 6.03 Å². The second-order valence-electron chi connectivity index (χ2n) is 8.79. The van der Waals surface area contributed by atoms with Crippen LogP contribution < -0.4 is 16.4 Å². The first kappa shape index (κ1) is 23.9. The first-order valence-corrected chi connectivity index (χ1v) is 11.7. The molecular formula is C27H24FN7O2. The quantitative estimate of drug-likeness (QED) is 0.318. The van der Waals surface area contributed by atoms with Crippen molar-refractivity contribution in [3.63, 3.8) is 0 Å². The van der Waals surface area contributed by atoms with Crippen molar-refractivity contribution in [2.75, 3.05) is 11.1 Å². The summed E-state index contributed by atoms with van der Waals surface area (Å²) in [6, 6.07) is 24.2. The van der Waals surface area contributed by atoms with Gasteiger partial charge in [0.1, 0.15) is 11.4 Å². The number of imide groups is 1. The maximum Gasteiger partial charge on any atom is 0.325 e. The fourth-order valence-electron chi connectivity index (χ4n) is 4.38. The third-order valence-electron chi connectivity index (χ3n) is 6.04. The van der Waals surface area contributed by atoms with Crippen LogP contribution in [0.15, 0.2) is 84.9 Å². The molecule has 186 valence electrons. The van der Waals surface area contributed by atoms with E-state index in [1.807, 2.05) is 60.7 Å². The van der Waals surface area contributed by atoms with Crippen LogP contribution in [0.4, 0.5) is 26.8 Å². The van der Waals surface area contributed by atoms with E-state index in [4.69, 9.17) is 5.73 Å². The first-order valence-electron chi connectivity index (χ1n) is 11.7. The molecule has 0 unspecified atom stereocenters. The van der Waals surface area contributed by atoms with Crippen LogP contribution in [0.5, 0.6) is 0 Å². The molecule has 4 N–H and O–H groups in total. The fourth-order valence-corrected chi connectivity index (χ4v) is 4.38. The molecule has 0 atom stereocenters. The van der Waals surface area contributed by atoms with Crippen LogP contribution in [0, 0.1) is 5.82 Å². The van der Waals surface area contributed by atoms with Gasteiger partial charge in [0, 0.05) is 18.5 Å². The molecule has 4 aromatic rings. The van der Waals surface area contributed by atoms with Crippen molar-refractivity contribution in [2.45, 2.75) is 24.9 Å². The van der Waals surface area contributed by atoms with Crippen LogP contribution in [0.25, 0.3) is 0 Å². The minimum absolute atomic E-state index is 0.0819. The van der Waals surface area contributed by atoms with E-state index in [9.17, 15) is 14.0 Å². The van der Waals surface area contributed by atoms with Gasteiger partial charge in [-0.3, -0.25) is 9.69 Å². The molecule has 1 aliphatic rings. The molecule has 3 amide bonds. The van der Waals surface area contributed by atoms with E-state index in [0.29, 0.717) is 18.5 Å². The van der Waals surface area contributed by atoms with Crippen molar-refractivity contribution in [3.05, 3.63) is 108 Å². The zero-order valence-corrected chi connectivity index (χ0v) is 19.8. The molecule has 0 bridgehead atoms. The van der Waals surface area contributed by atoms with Gasteiger partial charge in [0.15, 0.2) is 5.82 Å². The predicted octanol–water partition coefficient (Wildman–Crippen LogP) is 3.61. The number of aromatic nitrogens is 3. The zero-order valence-electron chi connectivity index (χ0n) is 19.8. The number of nitrogens with zero attached hydrogens (tertiary/aromatic N) is 4. The lowest BCUT2D eigenvalue weighted by atomic mass is 9.84. The maximum absolute atomic E-state index is 13.8. The number of amides is 3. The average Bonchev–Trinajstić information content (AvgIpc) is 3.10. The topological polar surface area (TPSA) is 126 Å². The number of nitrogens with two attached hydrogens (primary N) is 1. The Labute approximate surface area is 212 Å². The number of carbonyl (C=O) groups is 2. The maximum atomic E-state index is 13.8. The van der Waals surface area contributed by atoms with Crippen LogP contribution in [-0.2, 0) is 24.2 Å². The second-order valence-corrected chi connectivity index (χ2v) is 8.79. The average molecular weight is 498 g/mol. The molecule has 9 nitrogen and oxygen atoms in total. The smallest absolute Gasteiger partial charge is 0.325 e. The highest BCUT2D eigenvalue weighted by atomic mass is 19.1. The van der Waals surface area contributed by atoms with Crippen LogP contribution >= 0.6 is 0 Å². The van der Waals surface area contributed by atoms with E-state index in [-0.39, 0.29) is 36.0 Å². The summed E-state index contributed by atoms with van der Waals surface area (Å²) >= 11 is 0.